The van der Waals surface area contributed by atoms with Crippen LogP contribution in [0.5, 0.6) is 0 Å². The van der Waals surface area contributed by atoms with Crippen LogP contribution in [0, 0.1) is 5.92 Å². The molecule has 2 unspecified atom stereocenters. The molecule has 0 aromatic heterocycles. The van der Waals surface area contributed by atoms with Gasteiger partial charge in [0.05, 0.1) is 5.92 Å². The minimum atomic E-state index is 0.0882. The summed E-state index contributed by atoms with van der Waals surface area (Å²) in [5, 5.41) is 9.13. The van der Waals surface area contributed by atoms with Crippen LogP contribution in [0.1, 0.15) is 39.0 Å². The molecule has 1 saturated carbocycles. The van der Waals surface area contributed by atoms with Crippen molar-refractivity contribution in [3.63, 3.8) is 0 Å². The monoisotopic (exact) mass is 253 g/mol. The molecule has 0 radical (unpaired) electrons. The van der Waals surface area contributed by atoms with Gasteiger partial charge >= 0.3 is 0 Å². The fourth-order valence-corrected chi connectivity index (χ4v) is 2.34. The molecule has 2 fully saturated rings. The molecule has 5 nitrogen and oxygen atoms in total. The highest BCUT2D eigenvalue weighted by molar-refractivity contribution is 5.80. The van der Waals surface area contributed by atoms with Crippen molar-refractivity contribution in [3.05, 3.63) is 0 Å². The fourth-order valence-electron chi connectivity index (χ4n) is 2.34. The van der Waals surface area contributed by atoms with Crippen LogP contribution < -0.4 is 16.0 Å². The molecule has 2 rings (SSSR count). The standard InChI is InChI=1S/C13H23N3O2/c1-9-11(6-8-14-9)13(18)15-7-2-3-12(17)16-10-4-5-10/h9-11,14H,2-8H2,1H3,(H,15,18)(H,16,17). The maximum atomic E-state index is 11.8. The summed E-state index contributed by atoms with van der Waals surface area (Å²) in [4.78, 5) is 23.2. The SMILES string of the molecule is CC1NCCC1C(=O)NCCCC(=O)NC1CC1. The summed E-state index contributed by atoms with van der Waals surface area (Å²) in [7, 11) is 0. The van der Waals surface area contributed by atoms with Crippen molar-refractivity contribution in [2.24, 2.45) is 5.92 Å². The summed E-state index contributed by atoms with van der Waals surface area (Å²) >= 11 is 0. The van der Waals surface area contributed by atoms with Gasteiger partial charge in [0.1, 0.15) is 0 Å². The number of hydrogen-bond donors (Lipinski definition) is 3. The second-order valence-electron chi connectivity index (χ2n) is 5.37. The lowest BCUT2D eigenvalue weighted by Gasteiger charge is -2.14. The summed E-state index contributed by atoms with van der Waals surface area (Å²) in [5.41, 5.74) is 0. The van der Waals surface area contributed by atoms with Crippen molar-refractivity contribution in [2.75, 3.05) is 13.1 Å². The van der Waals surface area contributed by atoms with Crippen molar-refractivity contribution in [2.45, 2.75) is 51.1 Å². The first-order chi connectivity index (χ1) is 8.66. The maximum absolute atomic E-state index is 11.8. The number of rotatable bonds is 6. The second kappa shape index (κ2) is 6.18. The Kier molecular flexibility index (Phi) is 4.58. The van der Waals surface area contributed by atoms with Crippen LogP contribution in [0.25, 0.3) is 0 Å². The molecule has 0 bridgehead atoms. The highest BCUT2D eigenvalue weighted by Crippen LogP contribution is 2.18. The zero-order chi connectivity index (χ0) is 13.0. The van der Waals surface area contributed by atoms with Gasteiger partial charge in [0, 0.05) is 25.0 Å². The highest BCUT2D eigenvalue weighted by Gasteiger charge is 2.29. The molecule has 0 spiro atoms. The smallest absolute Gasteiger partial charge is 0.224 e. The Morgan fingerprint density at radius 1 is 1.28 bits per heavy atom. The van der Waals surface area contributed by atoms with Crippen molar-refractivity contribution in [1.29, 1.82) is 0 Å². The molecular formula is C13H23N3O2. The predicted molar refractivity (Wildman–Crippen MR) is 69.0 cm³/mol. The topological polar surface area (TPSA) is 70.2 Å². The van der Waals surface area contributed by atoms with Gasteiger partial charge in [-0.05, 0) is 39.2 Å². The zero-order valence-electron chi connectivity index (χ0n) is 11.0. The van der Waals surface area contributed by atoms with Crippen LogP contribution in [0.15, 0.2) is 0 Å². The summed E-state index contributed by atoms with van der Waals surface area (Å²) < 4.78 is 0. The van der Waals surface area contributed by atoms with Gasteiger partial charge in [-0.15, -0.1) is 0 Å². The molecular weight excluding hydrogens is 230 g/mol. The van der Waals surface area contributed by atoms with Gasteiger partial charge in [-0.1, -0.05) is 0 Å². The maximum Gasteiger partial charge on any atom is 0.224 e. The van der Waals surface area contributed by atoms with E-state index in [2.05, 4.69) is 16.0 Å². The van der Waals surface area contributed by atoms with Gasteiger partial charge in [0.25, 0.3) is 0 Å². The molecule has 0 aromatic rings. The van der Waals surface area contributed by atoms with E-state index < -0.39 is 0 Å². The third-order valence-corrected chi connectivity index (χ3v) is 3.68. The lowest BCUT2D eigenvalue weighted by molar-refractivity contribution is -0.125. The Labute approximate surface area is 108 Å². The van der Waals surface area contributed by atoms with Crippen LogP contribution in [0.4, 0.5) is 0 Å². The highest BCUT2D eigenvalue weighted by atomic mass is 16.2. The molecule has 2 atom stereocenters. The summed E-state index contributed by atoms with van der Waals surface area (Å²) in [6.07, 6.45) is 4.38. The lowest BCUT2D eigenvalue weighted by atomic mass is 10.0. The van der Waals surface area contributed by atoms with Crippen molar-refractivity contribution < 1.29 is 9.59 Å². The second-order valence-corrected chi connectivity index (χ2v) is 5.37. The summed E-state index contributed by atoms with van der Waals surface area (Å²) in [5.74, 6) is 0.322. The van der Waals surface area contributed by atoms with E-state index in [1.807, 2.05) is 6.92 Å². The first-order valence-corrected chi connectivity index (χ1v) is 6.97. The molecule has 3 N–H and O–H groups in total. The Balaban J connectivity index is 1.54. The van der Waals surface area contributed by atoms with E-state index in [9.17, 15) is 9.59 Å². The Morgan fingerprint density at radius 3 is 2.67 bits per heavy atom. The predicted octanol–water partition coefficient (Wildman–Crippen LogP) is 0.159. The number of hydrogen-bond acceptors (Lipinski definition) is 3. The lowest BCUT2D eigenvalue weighted by Crippen LogP contribution is -2.37. The van der Waals surface area contributed by atoms with E-state index in [-0.39, 0.29) is 23.8 Å². The van der Waals surface area contributed by atoms with Crippen molar-refractivity contribution >= 4 is 11.8 Å². The van der Waals surface area contributed by atoms with Crippen LogP contribution in [-0.4, -0.2) is 37.0 Å². The molecule has 1 aliphatic carbocycles. The number of carbonyl (C=O) groups is 2. The normalized spacial score (nSPS) is 26.9. The molecule has 1 aliphatic heterocycles. The van der Waals surface area contributed by atoms with E-state index in [0.29, 0.717) is 19.0 Å². The number of nitrogens with one attached hydrogen (secondary N) is 3. The minimum Gasteiger partial charge on any atom is -0.356 e. The average Bonchev–Trinajstić information content (AvgIpc) is 3.04. The molecule has 18 heavy (non-hydrogen) atoms. The van der Waals surface area contributed by atoms with Crippen LogP contribution in [0.3, 0.4) is 0 Å². The molecule has 2 aliphatic rings. The molecule has 1 heterocycles. The van der Waals surface area contributed by atoms with Crippen molar-refractivity contribution in [1.82, 2.24) is 16.0 Å². The van der Waals surface area contributed by atoms with Gasteiger partial charge in [-0.3, -0.25) is 9.59 Å². The third-order valence-electron chi connectivity index (χ3n) is 3.68. The Hall–Kier alpha value is -1.10. The number of amides is 2. The number of carbonyl (C=O) groups excluding carboxylic acids is 2. The first-order valence-electron chi connectivity index (χ1n) is 6.97. The van der Waals surface area contributed by atoms with E-state index in [4.69, 9.17) is 0 Å². The largest absolute Gasteiger partial charge is 0.356 e. The van der Waals surface area contributed by atoms with Gasteiger partial charge in [-0.25, -0.2) is 0 Å². The van der Waals surface area contributed by atoms with E-state index in [1.54, 1.807) is 0 Å². The fraction of sp³-hybridized carbons (Fsp3) is 0.846. The summed E-state index contributed by atoms with van der Waals surface area (Å²) in [6.45, 7) is 3.56. The van der Waals surface area contributed by atoms with E-state index >= 15 is 0 Å². The van der Waals surface area contributed by atoms with Gasteiger partial charge < -0.3 is 16.0 Å². The van der Waals surface area contributed by atoms with Gasteiger partial charge in [0.2, 0.25) is 11.8 Å². The minimum absolute atomic E-state index is 0.0882. The average molecular weight is 253 g/mol. The molecule has 0 aromatic carbocycles. The Bertz CT molecular complexity index is 315. The Morgan fingerprint density at radius 2 is 2.06 bits per heavy atom. The van der Waals surface area contributed by atoms with E-state index in [1.165, 1.54) is 0 Å². The van der Waals surface area contributed by atoms with E-state index in [0.717, 1.165) is 32.2 Å². The van der Waals surface area contributed by atoms with Crippen LogP contribution in [0.2, 0.25) is 0 Å². The zero-order valence-corrected chi connectivity index (χ0v) is 11.0. The van der Waals surface area contributed by atoms with Crippen LogP contribution in [-0.2, 0) is 9.59 Å². The molecule has 5 heteroatoms. The molecule has 102 valence electrons. The molecule has 1 saturated heterocycles. The quantitative estimate of drug-likeness (QED) is 0.591. The van der Waals surface area contributed by atoms with Crippen molar-refractivity contribution in [3.8, 4) is 0 Å². The third kappa shape index (κ3) is 3.98. The van der Waals surface area contributed by atoms with Crippen LogP contribution >= 0.6 is 0 Å². The first kappa shape index (κ1) is 13.3. The van der Waals surface area contributed by atoms with Gasteiger partial charge in [0.15, 0.2) is 0 Å². The summed E-state index contributed by atoms with van der Waals surface area (Å²) in [6, 6.07) is 0.695. The molecule has 2 amide bonds. The van der Waals surface area contributed by atoms with Gasteiger partial charge in [-0.2, -0.15) is 0 Å².